The van der Waals surface area contributed by atoms with Gasteiger partial charge in [0.1, 0.15) is 4.90 Å². The predicted octanol–water partition coefficient (Wildman–Crippen LogP) is 2.60. The highest BCUT2D eigenvalue weighted by molar-refractivity contribution is 9.11. The van der Waals surface area contributed by atoms with Gasteiger partial charge in [-0.1, -0.05) is 6.92 Å². The van der Waals surface area contributed by atoms with Crippen molar-refractivity contribution in [2.24, 2.45) is 0 Å². The van der Waals surface area contributed by atoms with E-state index in [4.69, 9.17) is 0 Å². The van der Waals surface area contributed by atoms with E-state index in [9.17, 15) is 8.42 Å². The number of rotatable bonds is 7. The highest BCUT2D eigenvalue weighted by atomic mass is 79.9. The Labute approximate surface area is 136 Å². The molecule has 0 amide bonds. The average molecular weight is 391 g/mol. The molecule has 0 unspecified atom stereocenters. The minimum absolute atomic E-state index is 0.196. The maximum absolute atomic E-state index is 12.3. The van der Waals surface area contributed by atoms with Crippen molar-refractivity contribution in [3.63, 3.8) is 0 Å². The summed E-state index contributed by atoms with van der Waals surface area (Å²) in [6.07, 6.45) is 2.52. The number of anilines is 1. The number of halogens is 1. The number of hydrogen-bond acceptors (Lipinski definition) is 6. The van der Waals surface area contributed by atoms with Crippen molar-refractivity contribution in [1.29, 1.82) is 0 Å². The maximum atomic E-state index is 12.3. The molecule has 0 saturated carbocycles. The summed E-state index contributed by atoms with van der Waals surface area (Å²) in [7, 11) is -3.67. The smallest absolute Gasteiger partial charge is 0.265 e. The van der Waals surface area contributed by atoms with Gasteiger partial charge in [-0.25, -0.2) is 8.42 Å². The summed E-state index contributed by atoms with van der Waals surface area (Å²) in [5.74, 6) is 0.196. The van der Waals surface area contributed by atoms with E-state index in [-0.39, 0.29) is 10.7 Å². The average Bonchev–Trinajstić information content (AvgIpc) is 2.82. The lowest BCUT2D eigenvalue weighted by molar-refractivity contribution is 0.600. The van der Waals surface area contributed by atoms with Crippen LogP contribution >= 0.6 is 27.3 Å². The van der Waals surface area contributed by atoms with E-state index in [0.29, 0.717) is 10.3 Å². The molecule has 2 aromatic rings. The van der Waals surface area contributed by atoms with Crippen LogP contribution in [0.15, 0.2) is 33.1 Å². The Morgan fingerprint density at radius 3 is 2.90 bits per heavy atom. The Bertz CT molecular complexity index is 689. The quantitative estimate of drug-likeness (QED) is 0.709. The minimum atomic E-state index is -3.67. The third-order valence-electron chi connectivity index (χ3n) is 2.53. The number of nitrogens with zero attached hydrogens (tertiary/aromatic N) is 2. The topological polar surface area (TPSA) is 84.0 Å². The van der Waals surface area contributed by atoms with Crippen molar-refractivity contribution < 1.29 is 8.42 Å². The fourth-order valence-corrected chi connectivity index (χ4v) is 5.25. The molecular weight excluding hydrogens is 376 g/mol. The van der Waals surface area contributed by atoms with Crippen LogP contribution in [-0.2, 0) is 16.6 Å². The van der Waals surface area contributed by atoms with Crippen molar-refractivity contribution in [2.45, 2.75) is 24.8 Å². The number of sulfonamides is 1. The van der Waals surface area contributed by atoms with Gasteiger partial charge in [0.25, 0.3) is 10.0 Å². The SMILES string of the molecule is CCCNCc1cc(S(=O)(=O)Nc2cccnn2)c(Br)s1. The van der Waals surface area contributed by atoms with E-state index in [1.807, 2.05) is 0 Å². The summed E-state index contributed by atoms with van der Waals surface area (Å²) >= 11 is 4.71. The summed E-state index contributed by atoms with van der Waals surface area (Å²) in [5, 5.41) is 10.6. The number of aromatic nitrogens is 2. The second-order valence-corrected chi connectivity index (χ2v) is 8.35. The molecule has 6 nitrogen and oxygen atoms in total. The molecule has 0 atom stereocenters. The van der Waals surface area contributed by atoms with Gasteiger partial charge in [0.2, 0.25) is 0 Å². The lowest BCUT2D eigenvalue weighted by Gasteiger charge is -2.04. The molecule has 2 heterocycles. The Morgan fingerprint density at radius 2 is 2.24 bits per heavy atom. The van der Waals surface area contributed by atoms with Gasteiger partial charge in [0.05, 0.1) is 3.79 Å². The molecule has 21 heavy (non-hydrogen) atoms. The lowest BCUT2D eigenvalue weighted by atomic mass is 10.4. The highest BCUT2D eigenvalue weighted by Gasteiger charge is 2.21. The van der Waals surface area contributed by atoms with Crippen molar-refractivity contribution in [2.75, 3.05) is 11.3 Å². The maximum Gasteiger partial charge on any atom is 0.265 e. The van der Waals surface area contributed by atoms with E-state index in [1.54, 1.807) is 18.2 Å². The zero-order chi connectivity index (χ0) is 15.3. The molecule has 114 valence electrons. The molecule has 2 aromatic heterocycles. The second-order valence-electron chi connectivity index (χ2n) is 4.24. The second kappa shape index (κ2) is 7.30. The molecule has 2 N–H and O–H groups in total. The molecule has 9 heteroatoms. The van der Waals surface area contributed by atoms with E-state index in [0.717, 1.165) is 17.8 Å². The Hall–Kier alpha value is -1.03. The van der Waals surface area contributed by atoms with Crippen LogP contribution in [0.1, 0.15) is 18.2 Å². The first-order valence-corrected chi connectivity index (χ1v) is 9.41. The molecule has 0 radical (unpaired) electrons. The number of nitrogens with one attached hydrogen (secondary N) is 2. The van der Waals surface area contributed by atoms with Crippen LogP contribution in [0.5, 0.6) is 0 Å². The fraction of sp³-hybridized carbons (Fsp3) is 0.333. The molecule has 0 saturated heterocycles. The van der Waals surface area contributed by atoms with E-state index in [2.05, 4.69) is 43.1 Å². The van der Waals surface area contributed by atoms with Crippen LogP contribution in [0.25, 0.3) is 0 Å². The van der Waals surface area contributed by atoms with E-state index < -0.39 is 10.0 Å². The van der Waals surface area contributed by atoms with Gasteiger partial charge in [0, 0.05) is 17.6 Å². The third kappa shape index (κ3) is 4.47. The fourth-order valence-electron chi connectivity index (χ4n) is 1.61. The molecule has 0 spiro atoms. The monoisotopic (exact) mass is 390 g/mol. The number of hydrogen-bond donors (Lipinski definition) is 2. The van der Waals surface area contributed by atoms with E-state index >= 15 is 0 Å². The van der Waals surface area contributed by atoms with Crippen LogP contribution in [0, 0.1) is 0 Å². The normalized spacial score (nSPS) is 11.5. The zero-order valence-corrected chi connectivity index (χ0v) is 14.6. The molecule has 0 aliphatic heterocycles. The molecule has 2 rings (SSSR count). The van der Waals surface area contributed by atoms with Gasteiger partial charge in [-0.15, -0.1) is 16.4 Å². The predicted molar refractivity (Wildman–Crippen MR) is 86.9 cm³/mol. The van der Waals surface area contributed by atoms with Crippen LogP contribution in [0.2, 0.25) is 0 Å². The summed E-state index contributed by atoms with van der Waals surface area (Å²) in [6.45, 7) is 3.63. The third-order valence-corrected chi connectivity index (χ3v) is 6.14. The van der Waals surface area contributed by atoms with Crippen LogP contribution in [0.4, 0.5) is 5.82 Å². The van der Waals surface area contributed by atoms with Crippen LogP contribution < -0.4 is 10.0 Å². The molecular formula is C12H15BrN4O2S2. The Balaban J connectivity index is 2.16. The molecule has 0 bridgehead atoms. The first-order valence-electron chi connectivity index (χ1n) is 6.32. The van der Waals surface area contributed by atoms with E-state index in [1.165, 1.54) is 17.5 Å². The first kappa shape index (κ1) is 16.3. The van der Waals surface area contributed by atoms with Gasteiger partial charge < -0.3 is 5.32 Å². The van der Waals surface area contributed by atoms with Gasteiger partial charge in [-0.05, 0) is 47.1 Å². The Morgan fingerprint density at radius 1 is 1.43 bits per heavy atom. The van der Waals surface area contributed by atoms with Crippen molar-refractivity contribution >= 4 is 43.1 Å². The number of thiophene rings is 1. The molecule has 0 aliphatic carbocycles. The molecule has 0 aromatic carbocycles. The van der Waals surface area contributed by atoms with Gasteiger partial charge in [-0.2, -0.15) is 5.10 Å². The Kier molecular flexibility index (Phi) is 5.68. The summed E-state index contributed by atoms with van der Waals surface area (Å²) in [4.78, 5) is 1.17. The molecule has 0 aliphatic rings. The van der Waals surface area contributed by atoms with Gasteiger partial charge >= 0.3 is 0 Å². The zero-order valence-electron chi connectivity index (χ0n) is 11.3. The summed E-state index contributed by atoms with van der Waals surface area (Å²) in [5.41, 5.74) is 0. The summed E-state index contributed by atoms with van der Waals surface area (Å²) < 4.78 is 27.7. The van der Waals surface area contributed by atoms with Crippen LogP contribution in [-0.4, -0.2) is 25.2 Å². The van der Waals surface area contributed by atoms with Gasteiger partial charge in [0.15, 0.2) is 5.82 Å². The van der Waals surface area contributed by atoms with Gasteiger partial charge in [-0.3, -0.25) is 4.72 Å². The van der Waals surface area contributed by atoms with Crippen LogP contribution in [0.3, 0.4) is 0 Å². The highest BCUT2D eigenvalue weighted by Crippen LogP contribution is 2.32. The lowest BCUT2D eigenvalue weighted by Crippen LogP contribution is -2.14. The van der Waals surface area contributed by atoms with Crippen molar-refractivity contribution in [3.8, 4) is 0 Å². The first-order chi connectivity index (χ1) is 10.0. The van der Waals surface area contributed by atoms with Crippen molar-refractivity contribution in [1.82, 2.24) is 15.5 Å². The standard InChI is InChI=1S/C12H15BrN4O2S2/c1-2-5-14-8-9-7-10(12(13)20-9)21(18,19)17-11-4-3-6-15-16-11/h3-4,6-7,14H,2,5,8H2,1H3,(H,16,17). The largest absolute Gasteiger partial charge is 0.312 e. The summed E-state index contributed by atoms with van der Waals surface area (Å²) in [6, 6.07) is 4.83. The minimum Gasteiger partial charge on any atom is -0.312 e. The molecule has 0 fully saturated rings. The van der Waals surface area contributed by atoms with Crippen molar-refractivity contribution in [3.05, 3.63) is 33.1 Å².